The number of ether oxygens (including phenoxy) is 1. The maximum absolute atomic E-state index is 12.3. The third-order valence-electron chi connectivity index (χ3n) is 4.64. The van der Waals surface area contributed by atoms with Gasteiger partial charge in [0.25, 0.3) is 5.91 Å². The summed E-state index contributed by atoms with van der Waals surface area (Å²) in [5, 5.41) is 3.00. The molecule has 132 valence electrons. The normalized spacial score (nSPS) is 21.9. The number of benzene rings is 1. The van der Waals surface area contributed by atoms with Gasteiger partial charge in [0.05, 0.1) is 11.0 Å². The molecule has 0 aromatic heterocycles. The Morgan fingerprint density at radius 3 is 2.42 bits per heavy atom. The third kappa shape index (κ3) is 4.34. The molecular formula is C17H24N2O4S. The molecule has 2 fully saturated rings. The van der Waals surface area contributed by atoms with E-state index < -0.39 is 10.0 Å². The van der Waals surface area contributed by atoms with Crippen LogP contribution in [0.3, 0.4) is 0 Å². The summed E-state index contributed by atoms with van der Waals surface area (Å²) < 4.78 is 32.6. The molecule has 1 aliphatic carbocycles. The van der Waals surface area contributed by atoms with Crippen molar-refractivity contribution in [2.75, 3.05) is 13.2 Å². The van der Waals surface area contributed by atoms with Crippen LogP contribution < -0.4 is 10.0 Å². The van der Waals surface area contributed by atoms with E-state index in [1.54, 1.807) is 12.1 Å². The van der Waals surface area contributed by atoms with Crippen molar-refractivity contribution in [3.8, 4) is 0 Å². The van der Waals surface area contributed by atoms with Crippen LogP contribution in [0.1, 0.15) is 48.9 Å². The molecule has 1 heterocycles. The zero-order valence-electron chi connectivity index (χ0n) is 13.7. The van der Waals surface area contributed by atoms with Crippen molar-refractivity contribution in [3.05, 3.63) is 29.8 Å². The number of hydrogen-bond donors (Lipinski definition) is 2. The van der Waals surface area contributed by atoms with E-state index in [9.17, 15) is 13.2 Å². The molecule has 1 saturated carbocycles. The van der Waals surface area contributed by atoms with Gasteiger partial charge in [-0.1, -0.05) is 12.8 Å². The standard InChI is InChI=1S/C17H24N2O4S/c20-17(19-14-4-1-2-5-14)13-7-9-16(10-8-13)24(21,22)18-12-15-6-3-11-23-15/h7-10,14-15,18H,1-6,11-12H2,(H,19,20). The SMILES string of the molecule is O=C(NC1CCCC1)c1ccc(S(=O)(=O)NCC2CCCO2)cc1. The van der Waals surface area contributed by atoms with Gasteiger partial charge in [-0.05, 0) is 49.9 Å². The Morgan fingerprint density at radius 1 is 1.08 bits per heavy atom. The summed E-state index contributed by atoms with van der Waals surface area (Å²) in [4.78, 5) is 12.3. The fraction of sp³-hybridized carbons (Fsp3) is 0.588. The zero-order valence-corrected chi connectivity index (χ0v) is 14.5. The topological polar surface area (TPSA) is 84.5 Å². The molecule has 3 rings (SSSR count). The summed E-state index contributed by atoms with van der Waals surface area (Å²) >= 11 is 0. The predicted molar refractivity (Wildman–Crippen MR) is 90.3 cm³/mol. The monoisotopic (exact) mass is 352 g/mol. The molecule has 0 radical (unpaired) electrons. The van der Waals surface area contributed by atoms with E-state index in [4.69, 9.17) is 4.74 Å². The Kier molecular flexibility index (Phi) is 5.53. The number of rotatable bonds is 6. The minimum absolute atomic E-state index is 0.0452. The second kappa shape index (κ2) is 7.63. The maximum Gasteiger partial charge on any atom is 0.251 e. The molecule has 1 amide bonds. The molecule has 24 heavy (non-hydrogen) atoms. The smallest absolute Gasteiger partial charge is 0.251 e. The van der Waals surface area contributed by atoms with Gasteiger partial charge >= 0.3 is 0 Å². The van der Waals surface area contributed by atoms with Crippen LogP contribution in [0.2, 0.25) is 0 Å². The molecule has 1 atom stereocenters. The van der Waals surface area contributed by atoms with Gasteiger partial charge in [0, 0.05) is 24.8 Å². The predicted octanol–water partition coefficient (Wildman–Crippen LogP) is 1.82. The highest BCUT2D eigenvalue weighted by atomic mass is 32.2. The Labute approximate surface area is 143 Å². The van der Waals surface area contributed by atoms with Crippen molar-refractivity contribution >= 4 is 15.9 Å². The van der Waals surface area contributed by atoms with Crippen LogP contribution in [-0.2, 0) is 14.8 Å². The molecule has 1 saturated heterocycles. The fourth-order valence-corrected chi connectivity index (χ4v) is 4.28. The van der Waals surface area contributed by atoms with E-state index in [1.807, 2.05) is 0 Å². The third-order valence-corrected chi connectivity index (χ3v) is 6.08. The van der Waals surface area contributed by atoms with Gasteiger partial charge in [0.15, 0.2) is 0 Å². The molecule has 6 nitrogen and oxygen atoms in total. The van der Waals surface area contributed by atoms with E-state index in [2.05, 4.69) is 10.0 Å². The molecule has 0 spiro atoms. The largest absolute Gasteiger partial charge is 0.377 e. The first-order chi connectivity index (χ1) is 11.5. The van der Waals surface area contributed by atoms with Crippen LogP contribution in [0.5, 0.6) is 0 Å². The van der Waals surface area contributed by atoms with Crippen LogP contribution in [-0.4, -0.2) is 39.6 Å². The van der Waals surface area contributed by atoms with E-state index >= 15 is 0 Å². The van der Waals surface area contributed by atoms with Crippen molar-refractivity contribution in [1.82, 2.24) is 10.0 Å². The van der Waals surface area contributed by atoms with Gasteiger partial charge in [-0.2, -0.15) is 0 Å². The lowest BCUT2D eigenvalue weighted by atomic mass is 10.2. The van der Waals surface area contributed by atoms with Gasteiger partial charge in [-0.3, -0.25) is 4.79 Å². The van der Waals surface area contributed by atoms with Crippen LogP contribution >= 0.6 is 0 Å². The molecule has 7 heteroatoms. The van der Waals surface area contributed by atoms with Gasteiger partial charge in [0.2, 0.25) is 10.0 Å². The lowest BCUT2D eigenvalue weighted by molar-refractivity contribution is 0.0937. The Balaban J connectivity index is 1.58. The molecule has 2 aliphatic rings. The van der Waals surface area contributed by atoms with Gasteiger partial charge in [-0.25, -0.2) is 13.1 Å². The van der Waals surface area contributed by atoms with E-state index in [0.717, 1.165) is 38.5 Å². The molecule has 1 aromatic rings. The van der Waals surface area contributed by atoms with E-state index in [0.29, 0.717) is 12.2 Å². The summed E-state index contributed by atoms with van der Waals surface area (Å²) in [7, 11) is -3.57. The minimum Gasteiger partial charge on any atom is -0.377 e. The molecule has 1 aliphatic heterocycles. The van der Waals surface area contributed by atoms with Gasteiger partial charge in [-0.15, -0.1) is 0 Å². The number of amides is 1. The first-order valence-electron chi connectivity index (χ1n) is 8.57. The lowest BCUT2D eigenvalue weighted by Crippen LogP contribution is -2.33. The molecular weight excluding hydrogens is 328 g/mol. The highest BCUT2D eigenvalue weighted by molar-refractivity contribution is 7.89. The van der Waals surface area contributed by atoms with Crippen LogP contribution in [0.25, 0.3) is 0 Å². The van der Waals surface area contributed by atoms with Crippen molar-refractivity contribution in [3.63, 3.8) is 0 Å². The summed E-state index contributed by atoms with van der Waals surface area (Å²) in [6.07, 6.45) is 6.14. The molecule has 1 unspecified atom stereocenters. The summed E-state index contributed by atoms with van der Waals surface area (Å²) in [5.74, 6) is -0.141. The van der Waals surface area contributed by atoms with E-state index in [-0.39, 0.29) is 29.5 Å². The fourth-order valence-electron chi connectivity index (χ4n) is 3.22. The average molecular weight is 352 g/mol. The number of nitrogens with one attached hydrogen (secondary N) is 2. The Bertz CT molecular complexity index is 660. The minimum atomic E-state index is -3.57. The van der Waals surface area contributed by atoms with Gasteiger partial charge < -0.3 is 10.1 Å². The second-order valence-electron chi connectivity index (χ2n) is 6.47. The summed E-state index contributed by atoms with van der Waals surface area (Å²) in [6.45, 7) is 0.976. The molecule has 2 N–H and O–H groups in total. The molecule has 0 bridgehead atoms. The van der Waals surface area contributed by atoms with Crippen LogP contribution in [0, 0.1) is 0 Å². The summed E-state index contributed by atoms with van der Waals surface area (Å²) in [6, 6.07) is 6.31. The summed E-state index contributed by atoms with van der Waals surface area (Å²) in [5.41, 5.74) is 0.486. The van der Waals surface area contributed by atoms with Gasteiger partial charge in [0.1, 0.15) is 0 Å². The average Bonchev–Trinajstić information content (AvgIpc) is 3.27. The first-order valence-corrected chi connectivity index (χ1v) is 10.0. The first kappa shape index (κ1) is 17.4. The highest BCUT2D eigenvalue weighted by Crippen LogP contribution is 2.19. The molecule has 1 aromatic carbocycles. The number of hydrogen-bond acceptors (Lipinski definition) is 4. The van der Waals surface area contributed by atoms with Crippen LogP contribution in [0.4, 0.5) is 0 Å². The number of sulfonamides is 1. The van der Waals surface area contributed by atoms with Crippen LogP contribution in [0.15, 0.2) is 29.2 Å². The van der Waals surface area contributed by atoms with Crippen molar-refractivity contribution in [1.29, 1.82) is 0 Å². The van der Waals surface area contributed by atoms with E-state index in [1.165, 1.54) is 12.1 Å². The maximum atomic E-state index is 12.3. The number of carbonyl (C=O) groups is 1. The van der Waals surface area contributed by atoms with Crippen molar-refractivity contribution < 1.29 is 17.9 Å². The second-order valence-corrected chi connectivity index (χ2v) is 8.23. The van der Waals surface area contributed by atoms with Crippen molar-refractivity contribution in [2.45, 2.75) is 55.6 Å². The quantitative estimate of drug-likeness (QED) is 0.818. The highest BCUT2D eigenvalue weighted by Gasteiger charge is 2.21. The zero-order chi connectivity index (χ0) is 17.0. The Hall–Kier alpha value is -1.44. The van der Waals surface area contributed by atoms with Crippen molar-refractivity contribution in [2.24, 2.45) is 0 Å². The number of carbonyl (C=O) groups excluding carboxylic acids is 1. The Morgan fingerprint density at radius 2 is 1.79 bits per heavy atom. The lowest BCUT2D eigenvalue weighted by Gasteiger charge is -2.13.